The van der Waals surface area contributed by atoms with Gasteiger partial charge >= 0.3 is 0 Å². The molecule has 0 aliphatic carbocycles. The van der Waals surface area contributed by atoms with Crippen molar-refractivity contribution in [1.29, 1.82) is 0 Å². The van der Waals surface area contributed by atoms with E-state index in [0.717, 1.165) is 36.6 Å². The summed E-state index contributed by atoms with van der Waals surface area (Å²) in [4.78, 5) is 4.30. The van der Waals surface area contributed by atoms with Gasteiger partial charge in [0.2, 0.25) is 0 Å². The molecule has 0 saturated heterocycles. The minimum atomic E-state index is 0.309. The molecule has 0 radical (unpaired) electrons. The van der Waals surface area contributed by atoms with Crippen molar-refractivity contribution in [2.45, 2.75) is 25.8 Å². The number of methoxy groups -OCH3 is 2. The van der Waals surface area contributed by atoms with Crippen LogP contribution in [0.15, 0.2) is 29.1 Å². The van der Waals surface area contributed by atoms with Gasteiger partial charge in [-0.05, 0) is 24.1 Å². The summed E-state index contributed by atoms with van der Waals surface area (Å²) in [5, 5.41) is 5.68. The minimum Gasteiger partial charge on any atom is -0.493 e. The Morgan fingerprint density at radius 1 is 1.24 bits per heavy atom. The van der Waals surface area contributed by atoms with Crippen LogP contribution in [0.4, 0.5) is 0 Å². The summed E-state index contributed by atoms with van der Waals surface area (Å²) in [6.07, 6.45) is 1.97. The Morgan fingerprint density at radius 2 is 2.05 bits per heavy atom. The number of hydrogen-bond donors (Lipinski definition) is 1. The molecule has 0 aliphatic rings. The third-order valence-corrected chi connectivity index (χ3v) is 4.11. The van der Waals surface area contributed by atoms with E-state index in [2.05, 4.69) is 28.7 Å². The smallest absolute Gasteiger partial charge is 0.161 e. The van der Waals surface area contributed by atoms with Crippen molar-refractivity contribution in [2.24, 2.45) is 0 Å². The Labute approximate surface area is 130 Å². The van der Waals surface area contributed by atoms with E-state index in [9.17, 15) is 0 Å². The van der Waals surface area contributed by atoms with E-state index >= 15 is 0 Å². The summed E-state index contributed by atoms with van der Waals surface area (Å²) in [6.45, 7) is 3.09. The van der Waals surface area contributed by atoms with Gasteiger partial charge < -0.3 is 14.8 Å². The number of thiazole rings is 1. The summed E-state index contributed by atoms with van der Waals surface area (Å²) >= 11 is 1.64. The van der Waals surface area contributed by atoms with Gasteiger partial charge in [-0.3, -0.25) is 0 Å². The molecule has 0 aliphatic heterocycles. The normalized spacial score (nSPS) is 12.1. The SMILES string of the molecule is CCC(NCCc1cscn1)c1ccc(OC)c(OC)c1. The number of ether oxygens (including phenoxy) is 2. The van der Waals surface area contributed by atoms with Crippen molar-refractivity contribution in [1.82, 2.24) is 10.3 Å². The third-order valence-electron chi connectivity index (χ3n) is 3.47. The first-order chi connectivity index (χ1) is 10.3. The number of aromatic nitrogens is 1. The molecule has 2 rings (SSSR count). The van der Waals surface area contributed by atoms with Crippen LogP contribution in [0, 0.1) is 0 Å². The monoisotopic (exact) mass is 306 g/mol. The zero-order valence-electron chi connectivity index (χ0n) is 12.8. The molecule has 0 fully saturated rings. The Morgan fingerprint density at radius 3 is 2.67 bits per heavy atom. The topological polar surface area (TPSA) is 43.4 Å². The molecule has 0 amide bonds. The molecule has 0 saturated carbocycles. The number of nitrogens with one attached hydrogen (secondary N) is 1. The molecule has 0 bridgehead atoms. The Kier molecular flexibility index (Phi) is 6.02. The van der Waals surface area contributed by atoms with Crippen LogP contribution in [0.1, 0.15) is 30.6 Å². The molecular weight excluding hydrogens is 284 g/mol. The van der Waals surface area contributed by atoms with E-state index in [-0.39, 0.29) is 0 Å². The van der Waals surface area contributed by atoms with Gasteiger partial charge in [-0.2, -0.15) is 0 Å². The quantitative estimate of drug-likeness (QED) is 0.811. The lowest BCUT2D eigenvalue weighted by molar-refractivity contribution is 0.353. The fraction of sp³-hybridized carbons (Fsp3) is 0.438. The van der Waals surface area contributed by atoms with Crippen molar-refractivity contribution in [3.63, 3.8) is 0 Å². The van der Waals surface area contributed by atoms with Crippen LogP contribution in [0.5, 0.6) is 11.5 Å². The van der Waals surface area contributed by atoms with Crippen molar-refractivity contribution in [3.8, 4) is 11.5 Å². The second-order valence-electron chi connectivity index (χ2n) is 4.76. The molecule has 1 heterocycles. The summed E-state index contributed by atoms with van der Waals surface area (Å²) in [5.41, 5.74) is 4.24. The van der Waals surface area contributed by atoms with Gasteiger partial charge in [-0.1, -0.05) is 13.0 Å². The Bertz CT molecular complexity index is 543. The number of nitrogens with zero attached hydrogens (tertiary/aromatic N) is 1. The lowest BCUT2D eigenvalue weighted by atomic mass is 10.0. The second kappa shape index (κ2) is 8.00. The molecule has 1 aromatic carbocycles. The predicted octanol–water partition coefficient (Wildman–Crippen LogP) is 3.44. The molecule has 1 unspecified atom stereocenters. The average molecular weight is 306 g/mol. The largest absolute Gasteiger partial charge is 0.493 e. The lowest BCUT2D eigenvalue weighted by Gasteiger charge is -2.19. The molecule has 4 nitrogen and oxygen atoms in total. The summed E-state index contributed by atoms with van der Waals surface area (Å²) in [7, 11) is 3.32. The fourth-order valence-electron chi connectivity index (χ4n) is 2.30. The van der Waals surface area contributed by atoms with Crippen LogP contribution >= 0.6 is 11.3 Å². The van der Waals surface area contributed by atoms with Crippen molar-refractivity contribution < 1.29 is 9.47 Å². The van der Waals surface area contributed by atoms with E-state index in [0.29, 0.717) is 6.04 Å². The maximum absolute atomic E-state index is 5.37. The van der Waals surface area contributed by atoms with Crippen molar-refractivity contribution >= 4 is 11.3 Å². The van der Waals surface area contributed by atoms with Crippen LogP contribution in [0.2, 0.25) is 0 Å². The fourth-order valence-corrected chi connectivity index (χ4v) is 2.90. The Hall–Kier alpha value is -1.59. The first-order valence-electron chi connectivity index (χ1n) is 7.10. The predicted molar refractivity (Wildman–Crippen MR) is 86.4 cm³/mol. The molecule has 114 valence electrons. The maximum Gasteiger partial charge on any atom is 0.161 e. The molecule has 0 spiro atoms. The molecule has 5 heteroatoms. The van der Waals surface area contributed by atoms with E-state index in [1.807, 2.05) is 17.6 Å². The summed E-state index contributed by atoms with van der Waals surface area (Å²) in [5.74, 6) is 1.54. The highest BCUT2D eigenvalue weighted by atomic mass is 32.1. The van der Waals surface area contributed by atoms with Gasteiger partial charge in [0.25, 0.3) is 0 Å². The second-order valence-corrected chi connectivity index (χ2v) is 5.48. The van der Waals surface area contributed by atoms with Crippen molar-refractivity contribution in [2.75, 3.05) is 20.8 Å². The highest BCUT2D eigenvalue weighted by Crippen LogP contribution is 2.30. The van der Waals surface area contributed by atoms with E-state index in [1.54, 1.807) is 25.6 Å². The first kappa shape index (κ1) is 15.8. The van der Waals surface area contributed by atoms with E-state index in [4.69, 9.17) is 9.47 Å². The van der Waals surface area contributed by atoms with Gasteiger partial charge in [0.1, 0.15) is 0 Å². The first-order valence-corrected chi connectivity index (χ1v) is 8.05. The highest BCUT2D eigenvalue weighted by Gasteiger charge is 2.12. The van der Waals surface area contributed by atoms with Crippen LogP contribution in [-0.2, 0) is 6.42 Å². The molecule has 1 N–H and O–H groups in total. The Balaban J connectivity index is 1.99. The number of hydrogen-bond acceptors (Lipinski definition) is 5. The minimum absolute atomic E-state index is 0.309. The third kappa shape index (κ3) is 4.19. The number of rotatable bonds is 8. The van der Waals surface area contributed by atoms with Crippen LogP contribution in [0.3, 0.4) is 0 Å². The highest BCUT2D eigenvalue weighted by molar-refractivity contribution is 7.07. The van der Waals surface area contributed by atoms with Gasteiger partial charge in [0.05, 0.1) is 25.4 Å². The van der Waals surface area contributed by atoms with Gasteiger partial charge in [-0.15, -0.1) is 11.3 Å². The molecule has 1 atom stereocenters. The van der Waals surface area contributed by atoms with Crippen LogP contribution in [-0.4, -0.2) is 25.7 Å². The zero-order valence-corrected chi connectivity index (χ0v) is 13.6. The number of benzene rings is 1. The standard InChI is InChI=1S/C16H22N2O2S/c1-4-14(17-8-7-13-10-21-11-18-13)12-5-6-15(19-2)16(9-12)20-3/h5-6,9-11,14,17H,4,7-8H2,1-3H3. The maximum atomic E-state index is 5.37. The molecular formula is C16H22N2O2S. The van der Waals surface area contributed by atoms with Gasteiger partial charge in [0, 0.05) is 24.4 Å². The van der Waals surface area contributed by atoms with E-state index in [1.165, 1.54) is 5.56 Å². The van der Waals surface area contributed by atoms with Gasteiger partial charge in [-0.25, -0.2) is 4.98 Å². The average Bonchev–Trinajstić information content (AvgIpc) is 3.04. The summed E-state index contributed by atoms with van der Waals surface area (Å²) in [6, 6.07) is 6.40. The zero-order chi connectivity index (χ0) is 15.1. The van der Waals surface area contributed by atoms with Gasteiger partial charge in [0.15, 0.2) is 11.5 Å². The lowest BCUT2D eigenvalue weighted by Crippen LogP contribution is -2.23. The van der Waals surface area contributed by atoms with Crippen LogP contribution < -0.4 is 14.8 Å². The summed E-state index contributed by atoms with van der Waals surface area (Å²) < 4.78 is 10.7. The van der Waals surface area contributed by atoms with Crippen molar-refractivity contribution in [3.05, 3.63) is 40.3 Å². The molecule has 1 aromatic heterocycles. The van der Waals surface area contributed by atoms with E-state index < -0.39 is 0 Å². The van der Waals surface area contributed by atoms with Crippen LogP contribution in [0.25, 0.3) is 0 Å². The molecule has 21 heavy (non-hydrogen) atoms. The molecule has 2 aromatic rings.